The van der Waals surface area contributed by atoms with Crippen LogP contribution in [0.3, 0.4) is 0 Å². The van der Waals surface area contributed by atoms with Crippen LogP contribution >= 0.6 is 0 Å². The lowest BCUT2D eigenvalue weighted by molar-refractivity contribution is -0.108. The fourth-order valence-electron chi connectivity index (χ4n) is 1.07. The molecule has 86 valence electrons. The first-order valence-corrected chi connectivity index (χ1v) is 4.90. The predicted molar refractivity (Wildman–Crippen MR) is 59.5 cm³/mol. The molecule has 0 aliphatic rings. The van der Waals surface area contributed by atoms with Gasteiger partial charge in [0.05, 0.1) is 6.61 Å². The third kappa shape index (κ3) is 4.25. The Morgan fingerprint density at radius 1 is 1.38 bits per heavy atom. The molecule has 16 heavy (non-hydrogen) atoms. The number of hydrogen-bond acceptors (Lipinski definition) is 4. The zero-order chi connectivity index (χ0) is 11.8. The van der Waals surface area contributed by atoms with Crippen LogP contribution in [-0.4, -0.2) is 35.8 Å². The van der Waals surface area contributed by atoms with E-state index < -0.39 is 12.7 Å². The van der Waals surface area contributed by atoms with Crippen molar-refractivity contribution in [3.05, 3.63) is 41.7 Å². The maximum absolute atomic E-state index is 10.7. The third-order valence-electron chi connectivity index (χ3n) is 1.88. The maximum atomic E-state index is 10.7. The number of rotatable bonds is 6. The van der Waals surface area contributed by atoms with Crippen molar-refractivity contribution in [1.82, 2.24) is 0 Å². The molecule has 1 unspecified atom stereocenters. The highest BCUT2D eigenvalue weighted by Gasteiger charge is 2.04. The van der Waals surface area contributed by atoms with E-state index in [0.29, 0.717) is 6.29 Å². The number of ether oxygens (including phenoxy) is 1. The molecule has 0 saturated carbocycles. The van der Waals surface area contributed by atoms with Crippen LogP contribution in [0.15, 0.2) is 36.1 Å². The Kier molecular flexibility index (Phi) is 5.25. The van der Waals surface area contributed by atoms with Gasteiger partial charge in [-0.05, 0) is 11.6 Å². The lowest BCUT2D eigenvalue weighted by atomic mass is 10.2. The molecule has 0 amide bonds. The second kappa shape index (κ2) is 6.76. The molecule has 4 nitrogen and oxygen atoms in total. The van der Waals surface area contributed by atoms with Gasteiger partial charge in [-0.15, -0.1) is 0 Å². The van der Waals surface area contributed by atoms with Crippen LogP contribution in [0.5, 0.6) is 0 Å². The molecule has 0 bridgehead atoms. The standard InChI is InChI=1S/C12H14O4/c13-7-11(15)9-16-12(8-14)6-10-4-2-1-3-5-10/h1-6,8,11,13,15H,7,9H2. The summed E-state index contributed by atoms with van der Waals surface area (Å²) in [6.07, 6.45) is 1.16. The first kappa shape index (κ1) is 12.4. The number of aldehydes is 1. The molecule has 0 radical (unpaired) electrons. The predicted octanol–water partition coefficient (Wildman–Crippen LogP) is 0.596. The Hall–Kier alpha value is -1.65. The van der Waals surface area contributed by atoms with Gasteiger partial charge in [-0.25, -0.2) is 0 Å². The van der Waals surface area contributed by atoms with E-state index in [0.717, 1.165) is 5.56 Å². The Morgan fingerprint density at radius 2 is 2.06 bits per heavy atom. The zero-order valence-corrected chi connectivity index (χ0v) is 8.74. The van der Waals surface area contributed by atoms with Gasteiger partial charge in [0, 0.05) is 0 Å². The van der Waals surface area contributed by atoms with Gasteiger partial charge in [-0.1, -0.05) is 30.3 Å². The van der Waals surface area contributed by atoms with Gasteiger partial charge in [-0.3, -0.25) is 4.79 Å². The third-order valence-corrected chi connectivity index (χ3v) is 1.88. The molecule has 4 heteroatoms. The Bertz CT molecular complexity index is 345. The summed E-state index contributed by atoms with van der Waals surface area (Å²) in [5.74, 6) is 0.124. The van der Waals surface area contributed by atoms with Crippen LogP contribution in [-0.2, 0) is 9.53 Å². The summed E-state index contributed by atoms with van der Waals surface area (Å²) < 4.78 is 5.03. The van der Waals surface area contributed by atoms with Crippen molar-refractivity contribution in [1.29, 1.82) is 0 Å². The molecule has 0 aromatic heterocycles. The molecule has 0 fully saturated rings. The molecule has 2 N–H and O–H groups in total. The Balaban J connectivity index is 2.60. The van der Waals surface area contributed by atoms with Crippen LogP contribution in [0.1, 0.15) is 5.56 Å². The topological polar surface area (TPSA) is 66.8 Å². The van der Waals surface area contributed by atoms with Gasteiger partial charge in [-0.2, -0.15) is 0 Å². The minimum absolute atomic E-state index is 0.103. The first-order chi connectivity index (χ1) is 7.76. The summed E-state index contributed by atoms with van der Waals surface area (Å²) in [6, 6.07) is 9.21. The Morgan fingerprint density at radius 3 is 2.62 bits per heavy atom. The van der Waals surface area contributed by atoms with E-state index in [4.69, 9.17) is 14.9 Å². The second-order valence-corrected chi connectivity index (χ2v) is 3.22. The summed E-state index contributed by atoms with van der Waals surface area (Å²) >= 11 is 0. The summed E-state index contributed by atoms with van der Waals surface area (Å²) in [5.41, 5.74) is 0.836. The fraction of sp³-hybridized carbons (Fsp3) is 0.250. The minimum atomic E-state index is -0.973. The first-order valence-electron chi connectivity index (χ1n) is 4.90. The molecule has 0 spiro atoms. The number of carbonyl (C=O) groups is 1. The molecule has 1 atom stereocenters. The van der Waals surface area contributed by atoms with Gasteiger partial charge in [0.25, 0.3) is 0 Å². The van der Waals surface area contributed by atoms with E-state index in [2.05, 4.69) is 0 Å². The number of benzene rings is 1. The zero-order valence-electron chi connectivity index (χ0n) is 8.74. The van der Waals surface area contributed by atoms with Crippen LogP contribution in [0.4, 0.5) is 0 Å². The fourth-order valence-corrected chi connectivity index (χ4v) is 1.07. The smallest absolute Gasteiger partial charge is 0.184 e. The largest absolute Gasteiger partial charge is 0.487 e. The van der Waals surface area contributed by atoms with Crippen molar-refractivity contribution in [2.45, 2.75) is 6.10 Å². The number of allylic oxidation sites excluding steroid dienone is 1. The molecular formula is C12H14O4. The summed E-state index contributed by atoms with van der Waals surface area (Å²) in [4.78, 5) is 10.7. The number of aliphatic hydroxyl groups is 2. The number of hydrogen-bond donors (Lipinski definition) is 2. The maximum Gasteiger partial charge on any atom is 0.184 e. The van der Waals surface area contributed by atoms with E-state index in [1.54, 1.807) is 6.08 Å². The lowest BCUT2D eigenvalue weighted by Gasteiger charge is -2.09. The van der Waals surface area contributed by atoms with E-state index in [1.165, 1.54) is 0 Å². The molecule has 0 heterocycles. The normalized spacial score (nSPS) is 13.2. The Labute approximate surface area is 93.8 Å². The quantitative estimate of drug-likeness (QED) is 0.420. The highest BCUT2D eigenvalue weighted by molar-refractivity contribution is 5.78. The van der Waals surface area contributed by atoms with Crippen molar-refractivity contribution in [3.63, 3.8) is 0 Å². The van der Waals surface area contributed by atoms with Crippen molar-refractivity contribution in [3.8, 4) is 0 Å². The lowest BCUT2D eigenvalue weighted by Crippen LogP contribution is -2.19. The van der Waals surface area contributed by atoms with Crippen molar-refractivity contribution >= 4 is 12.4 Å². The minimum Gasteiger partial charge on any atom is -0.487 e. The molecule has 1 rings (SSSR count). The molecule has 0 aliphatic heterocycles. The average molecular weight is 222 g/mol. The van der Waals surface area contributed by atoms with Crippen LogP contribution in [0, 0.1) is 0 Å². The molecule has 0 aliphatic carbocycles. The van der Waals surface area contributed by atoms with Gasteiger partial charge < -0.3 is 14.9 Å². The average Bonchev–Trinajstić information content (AvgIpc) is 2.35. The van der Waals surface area contributed by atoms with Gasteiger partial charge in [0.15, 0.2) is 12.0 Å². The van der Waals surface area contributed by atoms with Crippen LogP contribution < -0.4 is 0 Å². The van der Waals surface area contributed by atoms with Gasteiger partial charge >= 0.3 is 0 Å². The summed E-state index contributed by atoms with van der Waals surface area (Å²) in [7, 11) is 0. The van der Waals surface area contributed by atoms with Crippen LogP contribution in [0.2, 0.25) is 0 Å². The van der Waals surface area contributed by atoms with Gasteiger partial charge in [0.2, 0.25) is 0 Å². The SMILES string of the molecule is O=CC(=Cc1ccccc1)OCC(O)CO. The molecule has 1 aromatic carbocycles. The second-order valence-electron chi connectivity index (χ2n) is 3.22. The highest BCUT2D eigenvalue weighted by Crippen LogP contribution is 2.06. The van der Waals surface area contributed by atoms with E-state index in [1.807, 2.05) is 30.3 Å². The summed E-state index contributed by atoms with van der Waals surface area (Å²) in [6.45, 7) is -0.495. The monoisotopic (exact) mass is 222 g/mol. The molecule has 0 saturated heterocycles. The van der Waals surface area contributed by atoms with Crippen LogP contribution in [0.25, 0.3) is 6.08 Å². The van der Waals surface area contributed by atoms with Crippen molar-refractivity contribution in [2.75, 3.05) is 13.2 Å². The molecule has 1 aromatic rings. The van der Waals surface area contributed by atoms with Gasteiger partial charge in [0.1, 0.15) is 12.7 Å². The number of aliphatic hydroxyl groups excluding tert-OH is 2. The van der Waals surface area contributed by atoms with E-state index in [9.17, 15) is 4.79 Å². The summed E-state index contributed by atoms with van der Waals surface area (Å²) in [5, 5.41) is 17.6. The van der Waals surface area contributed by atoms with Crippen molar-refractivity contribution in [2.24, 2.45) is 0 Å². The molecular weight excluding hydrogens is 208 g/mol. The van der Waals surface area contributed by atoms with Crippen molar-refractivity contribution < 1.29 is 19.7 Å². The number of carbonyl (C=O) groups excluding carboxylic acids is 1. The van der Waals surface area contributed by atoms with E-state index in [-0.39, 0.29) is 12.4 Å². The van der Waals surface area contributed by atoms with E-state index >= 15 is 0 Å². The highest BCUT2D eigenvalue weighted by atomic mass is 16.5.